The highest BCUT2D eigenvalue weighted by molar-refractivity contribution is 6.31. The van der Waals surface area contributed by atoms with E-state index in [1.165, 1.54) is 12.1 Å². The fraction of sp³-hybridized carbons (Fsp3) is 0.400. The third-order valence-corrected chi connectivity index (χ3v) is 3.93. The SMILES string of the molecule is Cc1nn(C)c(CC(CO)Cc2ccc(F)cc2)c1Cl. The van der Waals surface area contributed by atoms with Crippen molar-refractivity contribution in [3.8, 4) is 0 Å². The molecule has 0 saturated carbocycles. The van der Waals surface area contributed by atoms with Gasteiger partial charge in [0.15, 0.2) is 0 Å². The van der Waals surface area contributed by atoms with Crippen LogP contribution in [-0.2, 0) is 19.9 Å². The van der Waals surface area contributed by atoms with Gasteiger partial charge >= 0.3 is 0 Å². The van der Waals surface area contributed by atoms with Crippen LogP contribution in [0.3, 0.4) is 0 Å². The van der Waals surface area contributed by atoms with Gasteiger partial charge in [-0.15, -0.1) is 0 Å². The van der Waals surface area contributed by atoms with Gasteiger partial charge in [0.2, 0.25) is 0 Å². The van der Waals surface area contributed by atoms with E-state index in [0.717, 1.165) is 17.0 Å². The lowest BCUT2D eigenvalue weighted by Crippen LogP contribution is -2.15. The van der Waals surface area contributed by atoms with E-state index in [2.05, 4.69) is 5.10 Å². The van der Waals surface area contributed by atoms with Gasteiger partial charge in [0.25, 0.3) is 0 Å². The second-order valence-corrected chi connectivity index (χ2v) is 5.43. The molecule has 0 fully saturated rings. The quantitative estimate of drug-likeness (QED) is 0.921. The zero-order valence-electron chi connectivity index (χ0n) is 11.6. The summed E-state index contributed by atoms with van der Waals surface area (Å²) in [7, 11) is 1.85. The predicted octanol–water partition coefficient (Wildman–Crippen LogP) is 2.91. The molecule has 2 rings (SSSR count). The van der Waals surface area contributed by atoms with Gasteiger partial charge in [0, 0.05) is 13.7 Å². The molecule has 0 aliphatic heterocycles. The van der Waals surface area contributed by atoms with Gasteiger partial charge in [-0.3, -0.25) is 4.68 Å². The van der Waals surface area contributed by atoms with Crippen molar-refractivity contribution >= 4 is 11.6 Å². The maximum Gasteiger partial charge on any atom is 0.123 e. The molecule has 1 unspecified atom stereocenters. The van der Waals surface area contributed by atoms with Crippen molar-refractivity contribution in [3.63, 3.8) is 0 Å². The van der Waals surface area contributed by atoms with Gasteiger partial charge in [0.05, 0.1) is 16.4 Å². The topological polar surface area (TPSA) is 38.0 Å². The first-order valence-electron chi connectivity index (χ1n) is 6.54. The number of nitrogens with zero attached hydrogens (tertiary/aromatic N) is 2. The third kappa shape index (κ3) is 3.38. The molecule has 0 spiro atoms. The number of rotatable bonds is 5. The summed E-state index contributed by atoms with van der Waals surface area (Å²) >= 11 is 6.22. The Morgan fingerprint density at radius 3 is 2.45 bits per heavy atom. The van der Waals surface area contributed by atoms with Crippen LogP contribution >= 0.6 is 11.6 Å². The second kappa shape index (κ2) is 6.37. The van der Waals surface area contributed by atoms with E-state index < -0.39 is 0 Å². The molecular weight excluding hydrogens is 279 g/mol. The summed E-state index contributed by atoms with van der Waals surface area (Å²) in [6.45, 7) is 1.91. The zero-order valence-corrected chi connectivity index (χ0v) is 12.4. The minimum Gasteiger partial charge on any atom is -0.396 e. The van der Waals surface area contributed by atoms with Crippen LogP contribution in [0.2, 0.25) is 5.02 Å². The average molecular weight is 297 g/mol. The summed E-state index contributed by atoms with van der Waals surface area (Å²) in [5.74, 6) is -0.215. The highest BCUT2D eigenvalue weighted by Crippen LogP contribution is 2.23. The molecular formula is C15H18ClFN2O. The van der Waals surface area contributed by atoms with Gasteiger partial charge < -0.3 is 5.11 Å². The normalized spacial score (nSPS) is 12.7. The highest BCUT2D eigenvalue weighted by Gasteiger charge is 2.17. The van der Waals surface area contributed by atoms with Crippen LogP contribution in [-0.4, -0.2) is 21.5 Å². The lowest BCUT2D eigenvalue weighted by Gasteiger charge is -2.14. The summed E-state index contributed by atoms with van der Waals surface area (Å²) in [4.78, 5) is 0. The third-order valence-electron chi connectivity index (χ3n) is 3.44. The molecule has 108 valence electrons. The second-order valence-electron chi connectivity index (χ2n) is 5.05. The number of aliphatic hydroxyl groups excluding tert-OH is 1. The Morgan fingerprint density at radius 1 is 1.30 bits per heavy atom. The van der Waals surface area contributed by atoms with E-state index in [4.69, 9.17) is 11.6 Å². The molecule has 3 nitrogen and oxygen atoms in total. The first-order chi connectivity index (χ1) is 9.51. The largest absolute Gasteiger partial charge is 0.396 e. The Labute approximate surface area is 123 Å². The number of benzene rings is 1. The first kappa shape index (κ1) is 15.0. The lowest BCUT2D eigenvalue weighted by molar-refractivity contribution is 0.223. The van der Waals surface area contributed by atoms with Crippen molar-refractivity contribution in [1.82, 2.24) is 9.78 Å². The van der Waals surface area contributed by atoms with Crippen molar-refractivity contribution in [2.24, 2.45) is 13.0 Å². The van der Waals surface area contributed by atoms with Crippen LogP contribution in [0.1, 0.15) is 17.0 Å². The smallest absolute Gasteiger partial charge is 0.123 e. The molecule has 0 amide bonds. The van der Waals surface area contributed by atoms with E-state index in [9.17, 15) is 9.50 Å². The van der Waals surface area contributed by atoms with E-state index in [0.29, 0.717) is 17.9 Å². The molecule has 1 N–H and O–H groups in total. The fourth-order valence-corrected chi connectivity index (χ4v) is 2.57. The summed E-state index contributed by atoms with van der Waals surface area (Å²) in [6, 6.07) is 6.36. The number of halogens is 2. The Hall–Kier alpha value is -1.39. The monoisotopic (exact) mass is 296 g/mol. The number of aryl methyl sites for hydroxylation is 2. The molecule has 0 aliphatic rings. The summed E-state index contributed by atoms with van der Waals surface area (Å²) in [6.07, 6.45) is 1.32. The molecule has 0 saturated heterocycles. The van der Waals surface area contributed by atoms with Crippen molar-refractivity contribution < 1.29 is 9.50 Å². The summed E-state index contributed by atoms with van der Waals surface area (Å²) in [5, 5.41) is 14.5. The van der Waals surface area contributed by atoms with Crippen LogP contribution in [0.5, 0.6) is 0 Å². The van der Waals surface area contributed by atoms with Crippen LogP contribution in [0.4, 0.5) is 4.39 Å². The summed E-state index contributed by atoms with van der Waals surface area (Å²) < 4.78 is 14.6. The molecule has 5 heteroatoms. The molecule has 0 bridgehead atoms. The summed E-state index contributed by atoms with van der Waals surface area (Å²) in [5.41, 5.74) is 2.72. The lowest BCUT2D eigenvalue weighted by atomic mass is 9.95. The van der Waals surface area contributed by atoms with Crippen molar-refractivity contribution in [2.45, 2.75) is 19.8 Å². The Morgan fingerprint density at radius 2 is 1.95 bits per heavy atom. The van der Waals surface area contributed by atoms with E-state index in [1.807, 2.05) is 14.0 Å². The minimum atomic E-state index is -0.250. The number of hydrogen-bond acceptors (Lipinski definition) is 2. The van der Waals surface area contributed by atoms with Crippen LogP contribution in [0.15, 0.2) is 24.3 Å². The highest BCUT2D eigenvalue weighted by atomic mass is 35.5. The van der Waals surface area contributed by atoms with Crippen molar-refractivity contribution in [3.05, 3.63) is 52.1 Å². The van der Waals surface area contributed by atoms with Gasteiger partial charge in [0.1, 0.15) is 5.82 Å². The van der Waals surface area contributed by atoms with Crippen LogP contribution < -0.4 is 0 Å². The number of aliphatic hydroxyl groups is 1. The molecule has 1 atom stereocenters. The Balaban J connectivity index is 2.11. The maximum absolute atomic E-state index is 12.9. The van der Waals surface area contributed by atoms with Gasteiger partial charge in [-0.1, -0.05) is 23.7 Å². The molecule has 0 radical (unpaired) electrons. The van der Waals surface area contributed by atoms with E-state index in [1.54, 1.807) is 16.8 Å². The predicted molar refractivity (Wildman–Crippen MR) is 77.3 cm³/mol. The van der Waals surface area contributed by atoms with Crippen LogP contribution in [0.25, 0.3) is 0 Å². The van der Waals surface area contributed by atoms with Gasteiger partial charge in [-0.05, 0) is 43.4 Å². The Kier molecular flexibility index (Phi) is 4.78. The maximum atomic E-state index is 12.9. The van der Waals surface area contributed by atoms with E-state index >= 15 is 0 Å². The Bertz CT molecular complexity index is 580. The van der Waals surface area contributed by atoms with Crippen molar-refractivity contribution in [1.29, 1.82) is 0 Å². The van der Waals surface area contributed by atoms with Gasteiger partial charge in [-0.25, -0.2) is 4.39 Å². The molecule has 0 aliphatic carbocycles. The molecule has 1 aromatic heterocycles. The van der Waals surface area contributed by atoms with Crippen molar-refractivity contribution in [2.75, 3.05) is 6.61 Å². The average Bonchev–Trinajstić information content (AvgIpc) is 2.66. The zero-order chi connectivity index (χ0) is 14.7. The number of aromatic nitrogens is 2. The first-order valence-corrected chi connectivity index (χ1v) is 6.92. The molecule has 2 aromatic rings. The minimum absolute atomic E-state index is 0.0350. The fourth-order valence-electron chi connectivity index (χ4n) is 2.33. The number of hydrogen-bond donors (Lipinski definition) is 1. The van der Waals surface area contributed by atoms with Crippen LogP contribution in [0, 0.1) is 18.7 Å². The molecule has 1 aromatic carbocycles. The van der Waals surface area contributed by atoms with Gasteiger partial charge in [-0.2, -0.15) is 5.10 Å². The molecule has 1 heterocycles. The molecule has 20 heavy (non-hydrogen) atoms. The van der Waals surface area contributed by atoms with E-state index in [-0.39, 0.29) is 18.3 Å². The standard InChI is InChI=1S/C15H18ClFN2O/c1-10-15(16)14(19(2)18-10)8-12(9-20)7-11-3-5-13(17)6-4-11/h3-6,12,20H,7-9H2,1-2H3.